The Labute approximate surface area is 134 Å². The van der Waals surface area contributed by atoms with E-state index in [0.717, 1.165) is 4.48 Å². The maximum Gasteiger partial charge on any atom is 0.242 e. The van der Waals surface area contributed by atoms with Crippen LogP contribution in [0.3, 0.4) is 0 Å². The van der Waals surface area contributed by atoms with Gasteiger partial charge in [0.15, 0.2) is 11.8 Å². The Morgan fingerprint density at radius 2 is 1.65 bits per heavy atom. The maximum atomic E-state index is 12.2. The van der Waals surface area contributed by atoms with Gasteiger partial charge < -0.3 is 0 Å². The van der Waals surface area contributed by atoms with Gasteiger partial charge in [-0.1, -0.05) is 48.5 Å². The first-order valence-electron chi connectivity index (χ1n) is 8.12. The van der Waals surface area contributed by atoms with Crippen LogP contribution in [0, 0.1) is 11.3 Å². The number of quaternary nitrogens is 1. The first-order valence-corrected chi connectivity index (χ1v) is 8.12. The molecular formula is C20H15N2O+. The fraction of sp³-hybridized carbons (Fsp3) is 0.300. The van der Waals surface area contributed by atoms with E-state index in [1.54, 1.807) is 0 Å². The first-order chi connectivity index (χ1) is 11.2. The summed E-state index contributed by atoms with van der Waals surface area (Å²) < 4.78 is 0.753. The summed E-state index contributed by atoms with van der Waals surface area (Å²) in [5.74, 6) is 0. The molecule has 3 unspecified atom stereocenters. The number of hydrogen-bond acceptors (Lipinski definition) is 2. The number of carbonyl (C=O) groups is 1. The van der Waals surface area contributed by atoms with Gasteiger partial charge in [0.25, 0.3) is 0 Å². The molecule has 2 aromatic rings. The smallest absolute Gasteiger partial charge is 0.242 e. The van der Waals surface area contributed by atoms with Crippen LogP contribution in [0.5, 0.6) is 0 Å². The van der Waals surface area contributed by atoms with E-state index < -0.39 is 5.54 Å². The lowest BCUT2D eigenvalue weighted by Crippen LogP contribution is -2.46. The zero-order chi connectivity index (χ0) is 15.7. The van der Waals surface area contributed by atoms with Gasteiger partial charge in [0.2, 0.25) is 17.1 Å². The second kappa shape index (κ2) is 2.98. The summed E-state index contributed by atoms with van der Waals surface area (Å²) in [7, 11) is 0. The minimum absolute atomic E-state index is 0.167. The first kappa shape index (κ1) is 12.0. The Hall–Kier alpha value is -2.44. The number of aldehydes is 1. The Bertz CT molecular complexity index is 991. The average molecular weight is 299 g/mol. The molecule has 23 heavy (non-hydrogen) atoms. The summed E-state index contributed by atoms with van der Waals surface area (Å²) in [6.45, 7) is 2.28. The number of carbonyl (C=O) groups excluding carboxylic acids is 1. The second-order valence-electron chi connectivity index (χ2n) is 7.49. The molecule has 4 aliphatic rings. The van der Waals surface area contributed by atoms with Crippen molar-refractivity contribution in [1.82, 2.24) is 0 Å². The van der Waals surface area contributed by atoms with Crippen molar-refractivity contribution in [3.63, 3.8) is 0 Å². The Morgan fingerprint density at radius 3 is 2.26 bits per heavy atom. The number of nitrogens with zero attached hydrogens (tertiary/aromatic N) is 2. The zero-order valence-corrected chi connectivity index (χ0v) is 12.8. The molecule has 0 aromatic heterocycles. The Kier molecular flexibility index (Phi) is 1.56. The van der Waals surface area contributed by atoms with Crippen LogP contribution < -0.4 is 0 Å². The maximum absolute atomic E-state index is 12.2. The van der Waals surface area contributed by atoms with Gasteiger partial charge in [0.1, 0.15) is 6.42 Å². The van der Waals surface area contributed by atoms with Gasteiger partial charge in [-0.3, -0.25) is 9.28 Å². The Balaban J connectivity index is 1.79. The quantitative estimate of drug-likeness (QED) is 0.486. The van der Waals surface area contributed by atoms with E-state index in [1.807, 2.05) is 6.07 Å². The molecule has 0 N–H and O–H groups in total. The highest BCUT2D eigenvalue weighted by Crippen LogP contribution is 2.97. The third kappa shape index (κ3) is 0.719. The lowest BCUT2D eigenvalue weighted by atomic mass is 9.73. The van der Waals surface area contributed by atoms with Crippen molar-refractivity contribution < 1.29 is 9.28 Å². The van der Waals surface area contributed by atoms with Crippen molar-refractivity contribution in [1.29, 1.82) is 5.26 Å². The van der Waals surface area contributed by atoms with Gasteiger partial charge in [-0.25, -0.2) is 0 Å². The normalized spacial score (nSPS) is 45.3. The van der Waals surface area contributed by atoms with Gasteiger partial charge in [0, 0.05) is 22.3 Å². The van der Waals surface area contributed by atoms with Crippen LogP contribution in [0.1, 0.15) is 35.6 Å². The summed E-state index contributed by atoms with van der Waals surface area (Å²) in [5.41, 5.74) is 4.27. The molecule has 6 rings (SSSR count). The molecule has 3 heteroatoms. The molecule has 0 bridgehead atoms. The third-order valence-corrected chi connectivity index (χ3v) is 7.37. The SMILES string of the molecule is CC12c3ccccc3[C@@]3(C=O)C4[C@@](CC#N)(c5ccccc51)[N+]423. The van der Waals surface area contributed by atoms with E-state index in [4.69, 9.17) is 0 Å². The molecule has 0 amide bonds. The largest absolute Gasteiger partial charge is 0.296 e. The van der Waals surface area contributed by atoms with E-state index in [2.05, 4.69) is 55.5 Å². The number of fused-ring (bicyclic) bond motifs is 8. The highest BCUT2D eigenvalue weighted by Gasteiger charge is 3.17. The van der Waals surface area contributed by atoms with Crippen LogP contribution in [-0.2, 0) is 21.4 Å². The molecule has 4 aliphatic heterocycles. The van der Waals surface area contributed by atoms with Crippen molar-refractivity contribution in [3.05, 3.63) is 70.8 Å². The number of rotatable bonds is 2. The average Bonchev–Trinajstić information content (AvgIpc) is 3.40. The van der Waals surface area contributed by atoms with E-state index >= 15 is 0 Å². The van der Waals surface area contributed by atoms with Crippen molar-refractivity contribution in [2.24, 2.45) is 0 Å². The van der Waals surface area contributed by atoms with Crippen LogP contribution in [0.2, 0.25) is 0 Å². The molecule has 2 fully saturated rings. The topological polar surface area (TPSA) is 40.9 Å². The van der Waals surface area contributed by atoms with E-state index in [0.29, 0.717) is 6.42 Å². The molecule has 1 spiro atoms. The summed E-state index contributed by atoms with van der Waals surface area (Å²) >= 11 is 0. The van der Waals surface area contributed by atoms with Crippen LogP contribution in [0.15, 0.2) is 48.5 Å². The van der Waals surface area contributed by atoms with E-state index in [9.17, 15) is 10.1 Å². The predicted octanol–water partition coefficient (Wildman–Crippen LogP) is 2.69. The molecule has 2 saturated heterocycles. The summed E-state index contributed by atoms with van der Waals surface area (Å²) in [6, 6.07) is 19.6. The van der Waals surface area contributed by atoms with Crippen LogP contribution in [0.25, 0.3) is 0 Å². The molecule has 0 aliphatic carbocycles. The fourth-order valence-corrected chi connectivity index (χ4v) is 6.95. The van der Waals surface area contributed by atoms with Crippen molar-refractivity contribution in [3.8, 4) is 6.07 Å². The highest BCUT2D eigenvalue weighted by molar-refractivity contribution is 5.83. The molecule has 2 aromatic carbocycles. The predicted molar refractivity (Wildman–Crippen MR) is 83.0 cm³/mol. The molecule has 4 heterocycles. The van der Waals surface area contributed by atoms with Crippen molar-refractivity contribution in [2.75, 3.05) is 0 Å². The van der Waals surface area contributed by atoms with Gasteiger partial charge in [0.05, 0.1) is 6.07 Å². The van der Waals surface area contributed by atoms with Crippen molar-refractivity contribution in [2.45, 2.75) is 36.0 Å². The van der Waals surface area contributed by atoms with Crippen LogP contribution in [-0.4, -0.2) is 16.8 Å². The van der Waals surface area contributed by atoms with Crippen LogP contribution in [0.4, 0.5) is 0 Å². The van der Waals surface area contributed by atoms with E-state index in [1.165, 1.54) is 28.5 Å². The summed E-state index contributed by atoms with van der Waals surface area (Å²) in [5, 5.41) is 9.48. The molecule has 110 valence electrons. The molecule has 5 atom stereocenters. The molecule has 0 saturated carbocycles. The molecule has 0 radical (unpaired) electrons. The lowest BCUT2D eigenvalue weighted by Gasteiger charge is -2.29. The number of benzene rings is 2. The van der Waals surface area contributed by atoms with Gasteiger partial charge >= 0.3 is 0 Å². The van der Waals surface area contributed by atoms with Crippen molar-refractivity contribution >= 4 is 6.29 Å². The second-order valence-corrected chi connectivity index (χ2v) is 7.49. The monoisotopic (exact) mass is 299 g/mol. The van der Waals surface area contributed by atoms with Gasteiger partial charge in [-0.05, 0) is 6.92 Å². The third-order valence-electron chi connectivity index (χ3n) is 7.37. The fourth-order valence-electron chi connectivity index (χ4n) is 6.95. The van der Waals surface area contributed by atoms with Gasteiger partial charge in [-0.2, -0.15) is 5.26 Å². The summed E-state index contributed by atoms with van der Waals surface area (Å²) in [6.07, 6.45) is 1.66. The lowest BCUT2D eigenvalue weighted by molar-refractivity contribution is -0.825. The number of hydrogen-bond donors (Lipinski definition) is 0. The number of nitriles is 1. The standard InChI is InChI=1S/C20H15N2O/c1-18-13-6-2-4-8-15(13)19(10-11-21)17-20(12-23,22(17,18)19)16-9-5-3-7-14(16)18/h2-9,12,17H,10H2,1H3/q+1/t17?,18?,19-,20+,22?/m1/s1. The van der Waals surface area contributed by atoms with Crippen LogP contribution >= 0.6 is 0 Å². The zero-order valence-electron chi connectivity index (χ0n) is 12.8. The minimum atomic E-state index is -0.415. The van der Waals surface area contributed by atoms with Gasteiger partial charge in [-0.15, -0.1) is 0 Å². The summed E-state index contributed by atoms with van der Waals surface area (Å²) in [4.78, 5) is 12.2. The highest BCUT2D eigenvalue weighted by atomic mass is 16.1. The Morgan fingerprint density at radius 1 is 1.09 bits per heavy atom. The van der Waals surface area contributed by atoms with E-state index in [-0.39, 0.29) is 17.1 Å². The molecular weight excluding hydrogens is 284 g/mol. The molecule has 3 nitrogen and oxygen atoms in total. The minimum Gasteiger partial charge on any atom is -0.296 e.